The lowest BCUT2D eigenvalue weighted by Crippen LogP contribution is -2.41. The van der Waals surface area contributed by atoms with Gasteiger partial charge in [0.2, 0.25) is 11.1 Å². The van der Waals surface area contributed by atoms with Gasteiger partial charge in [0.25, 0.3) is 5.91 Å². The summed E-state index contributed by atoms with van der Waals surface area (Å²) in [6.45, 7) is 6.01. The number of benzene rings is 1. The number of halogens is 1. The number of amidine groups is 2. The molecule has 4 heterocycles. The number of carbonyl (C=O) groups is 2. The lowest BCUT2D eigenvalue weighted by Gasteiger charge is -2.26. The summed E-state index contributed by atoms with van der Waals surface area (Å²) in [6.07, 6.45) is 1.75. The summed E-state index contributed by atoms with van der Waals surface area (Å²) in [6, 6.07) is 7.46. The van der Waals surface area contributed by atoms with Crippen LogP contribution in [0.25, 0.3) is 11.8 Å². The van der Waals surface area contributed by atoms with Crippen LogP contribution in [-0.2, 0) is 14.3 Å². The van der Waals surface area contributed by atoms with Crippen molar-refractivity contribution in [3.63, 3.8) is 0 Å². The Morgan fingerprint density at radius 3 is 2.73 bits per heavy atom. The van der Waals surface area contributed by atoms with E-state index in [9.17, 15) is 9.59 Å². The van der Waals surface area contributed by atoms with Crippen LogP contribution >= 0.6 is 23.4 Å². The Morgan fingerprint density at radius 2 is 2.03 bits per heavy atom. The minimum absolute atomic E-state index is 0.0605. The molecule has 0 bridgehead atoms. The third-order valence-electron chi connectivity index (χ3n) is 6.33. The van der Waals surface area contributed by atoms with Gasteiger partial charge in [0, 0.05) is 30.2 Å². The number of aliphatic imine (C=N–C) groups is 1. The highest BCUT2D eigenvalue weighted by atomic mass is 35.5. The highest BCUT2D eigenvalue weighted by Gasteiger charge is 2.36. The first-order valence-electron chi connectivity index (χ1n) is 11.6. The third kappa shape index (κ3) is 4.81. The van der Waals surface area contributed by atoms with Gasteiger partial charge in [-0.05, 0) is 61.5 Å². The van der Waals surface area contributed by atoms with Crippen LogP contribution in [0.5, 0.6) is 5.75 Å². The lowest BCUT2D eigenvalue weighted by molar-refractivity contribution is -0.133. The minimum Gasteiger partial charge on any atom is -0.495 e. The van der Waals surface area contributed by atoms with Gasteiger partial charge in [-0.25, -0.2) is 0 Å². The molecule has 5 rings (SSSR count). The van der Waals surface area contributed by atoms with Gasteiger partial charge in [-0.1, -0.05) is 11.6 Å². The zero-order chi connectivity index (χ0) is 26.3. The van der Waals surface area contributed by atoms with Crippen molar-refractivity contribution in [3.05, 3.63) is 51.8 Å². The van der Waals surface area contributed by atoms with E-state index in [0.29, 0.717) is 42.1 Å². The number of fused-ring (bicyclic) bond motifs is 1. The predicted molar refractivity (Wildman–Crippen MR) is 144 cm³/mol. The molecule has 0 saturated carbocycles. The number of hydrogen-bond donors (Lipinski definition) is 1. The Labute approximate surface area is 223 Å². The van der Waals surface area contributed by atoms with Gasteiger partial charge < -0.3 is 18.9 Å². The van der Waals surface area contributed by atoms with Gasteiger partial charge in [0.1, 0.15) is 10.8 Å². The van der Waals surface area contributed by atoms with Crippen LogP contribution in [0.2, 0.25) is 5.02 Å². The van der Waals surface area contributed by atoms with E-state index in [1.807, 2.05) is 36.6 Å². The van der Waals surface area contributed by atoms with Gasteiger partial charge >= 0.3 is 0 Å². The zero-order valence-corrected chi connectivity index (χ0v) is 22.1. The molecule has 0 aliphatic carbocycles. The molecule has 0 unspecified atom stereocenters. The number of methoxy groups -OCH3 is 1. The number of morpholine rings is 1. The summed E-state index contributed by atoms with van der Waals surface area (Å²) in [7, 11) is 1.56. The van der Waals surface area contributed by atoms with Crippen LogP contribution in [-0.4, -0.2) is 75.8 Å². The maximum absolute atomic E-state index is 12.9. The molecule has 0 spiro atoms. The third-order valence-corrected chi connectivity index (χ3v) is 7.53. The second-order valence-electron chi connectivity index (χ2n) is 8.66. The monoisotopic (exact) mass is 540 g/mol. The second-order valence-corrected chi connectivity index (χ2v) is 10.1. The number of amides is 2. The molecule has 1 saturated heterocycles. The fourth-order valence-electron chi connectivity index (χ4n) is 4.44. The molecule has 12 heteroatoms. The highest BCUT2D eigenvalue weighted by molar-refractivity contribution is 8.27. The van der Waals surface area contributed by atoms with E-state index in [2.05, 4.69) is 10.1 Å². The van der Waals surface area contributed by atoms with Crippen LogP contribution in [0, 0.1) is 19.3 Å². The Kier molecular flexibility index (Phi) is 6.93. The van der Waals surface area contributed by atoms with Crippen LogP contribution in [0.15, 0.2) is 39.9 Å². The number of nitrogens with zero attached hydrogens (tertiary/aromatic N) is 5. The standard InChI is InChI=1S/C25H25ClN6O4S/c1-14-10-16(15(2)31(14)17-4-5-20(35-3)19(26)12-17)11-18-23(27)32-25(28-24(18)34)37-21(29-32)13-22(33)30-6-8-36-9-7-30/h4-5,10-12,27H,6-9,13H2,1-3H3/b18-11-,27-23?. The fraction of sp³-hybridized carbons (Fsp3) is 0.320. The molecule has 1 aromatic carbocycles. The summed E-state index contributed by atoms with van der Waals surface area (Å²) >= 11 is 7.48. The number of carbonyl (C=O) groups excluding carboxylic acids is 2. The number of rotatable bonds is 5. The first kappa shape index (κ1) is 25.2. The van der Waals surface area contributed by atoms with Gasteiger partial charge in [0.15, 0.2) is 5.84 Å². The molecule has 3 aliphatic rings. The molecule has 37 heavy (non-hydrogen) atoms. The predicted octanol–water partition coefficient (Wildman–Crippen LogP) is 3.62. The number of nitrogens with one attached hydrogen (secondary N) is 1. The van der Waals surface area contributed by atoms with Crippen molar-refractivity contribution in [1.29, 1.82) is 5.41 Å². The number of hydrazone groups is 1. The Bertz CT molecular complexity index is 1410. The lowest BCUT2D eigenvalue weighted by atomic mass is 10.1. The van der Waals surface area contributed by atoms with Crippen molar-refractivity contribution < 1.29 is 19.1 Å². The summed E-state index contributed by atoms with van der Waals surface area (Å²) in [5.74, 6) is -0.0690. The highest BCUT2D eigenvalue weighted by Crippen LogP contribution is 2.32. The average molecular weight is 541 g/mol. The van der Waals surface area contributed by atoms with Gasteiger partial charge in [0.05, 0.1) is 37.3 Å². The molecule has 2 aromatic rings. The normalized spacial score (nSPS) is 18.8. The number of aromatic nitrogens is 1. The SMILES string of the molecule is COc1ccc(-n2c(C)cc(/C=C3/C(=N)N4N=C(CC(=O)N5CCOCC5)SC4=NC3=O)c2C)cc1Cl. The van der Waals surface area contributed by atoms with Gasteiger partial charge in [-0.2, -0.15) is 15.1 Å². The number of ether oxygens (including phenoxy) is 2. The van der Waals surface area contributed by atoms with Crippen molar-refractivity contribution in [2.45, 2.75) is 20.3 Å². The van der Waals surface area contributed by atoms with Gasteiger partial charge in [-0.15, -0.1) is 0 Å². The topological polar surface area (TPSA) is 113 Å². The summed E-state index contributed by atoms with van der Waals surface area (Å²) < 4.78 is 12.6. The van der Waals surface area contributed by atoms with E-state index in [-0.39, 0.29) is 28.9 Å². The summed E-state index contributed by atoms with van der Waals surface area (Å²) in [5, 5.41) is 15.7. The summed E-state index contributed by atoms with van der Waals surface area (Å²) in [4.78, 5) is 31.4. The molecule has 2 amide bonds. The van der Waals surface area contributed by atoms with E-state index in [1.165, 1.54) is 5.01 Å². The molecule has 0 radical (unpaired) electrons. The molecule has 10 nitrogen and oxygen atoms in total. The first-order valence-corrected chi connectivity index (χ1v) is 12.8. The van der Waals surface area contributed by atoms with E-state index in [4.69, 9.17) is 26.5 Å². The molecular formula is C25H25ClN6O4S. The van der Waals surface area contributed by atoms with Crippen molar-refractivity contribution in [1.82, 2.24) is 14.5 Å². The maximum atomic E-state index is 12.9. The minimum atomic E-state index is -0.517. The summed E-state index contributed by atoms with van der Waals surface area (Å²) in [5.41, 5.74) is 3.56. The van der Waals surface area contributed by atoms with E-state index in [1.54, 1.807) is 24.2 Å². The Balaban J connectivity index is 1.40. The molecular weight excluding hydrogens is 516 g/mol. The Hall–Kier alpha value is -3.41. The van der Waals surface area contributed by atoms with Crippen LogP contribution in [0.1, 0.15) is 23.4 Å². The van der Waals surface area contributed by atoms with Crippen molar-refractivity contribution in [3.8, 4) is 11.4 Å². The quantitative estimate of drug-likeness (QED) is 0.580. The van der Waals surface area contributed by atoms with E-state index in [0.717, 1.165) is 34.4 Å². The number of thioether (sulfide) groups is 1. The largest absolute Gasteiger partial charge is 0.495 e. The molecule has 192 valence electrons. The number of aryl methyl sites for hydroxylation is 1. The van der Waals surface area contributed by atoms with E-state index >= 15 is 0 Å². The van der Waals surface area contributed by atoms with Crippen molar-refractivity contribution in [2.24, 2.45) is 10.1 Å². The van der Waals surface area contributed by atoms with Crippen LogP contribution < -0.4 is 4.74 Å². The zero-order valence-electron chi connectivity index (χ0n) is 20.6. The fourth-order valence-corrected chi connectivity index (χ4v) is 5.57. The molecule has 3 aliphatic heterocycles. The Morgan fingerprint density at radius 1 is 1.27 bits per heavy atom. The molecule has 0 atom stereocenters. The van der Waals surface area contributed by atoms with Crippen molar-refractivity contribution >= 4 is 57.3 Å². The van der Waals surface area contributed by atoms with Crippen molar-refractivity contribution in [2.75, 3.05) is 33.4 Å². The smallest absolute Gasteiger partial charge is 0.283 e. The average Bonchev–Trinajstić information content (AvgIpc) is 3.41. The second kappa shape index (κ2) is 10.2. The number of hydrogen-bond acceptors (Lipinski definition) is 7. The van der Waals surface area contributed by atoms with Crippen LogP contribution in [0.4, 0.5) is 0 Å². The first-order chi connectivity index (χ1) is 17.8. The van der Waals surface area contributed by atoms with E-state index < -0.39 is 5.91 Å². The maximum Gasteiger partial charge on any atom is 0.283 e. The molecule has 1 aromatic heterocycles. The molecule has 1 N–H and O–H groups in total. The molecule has 1 fully saturated rings. The van der Waals surface area contributed by atoms with Gasteiger partial charge in [-0.3, -0.25) is 15.0 Å². The van der Waals surface area contributed by atoms with Crippen LogP contribution in [0.3, 0.4) is 0 Å².